The Morgan fingerprint density at radius 2 is 2.05 bits per heavy atom. The van der Waals surface area contributed by atoms with Gasteiger partial charge in [-0.15, -0.1) is 0 Å². The molecule has 0 saturated carbocycles. The van der Waals surface area contributed by atoms with Gasteiger partial charge in [-0.1, -0.05) is 6.92 Å². The molecular weight excluding hydrogens is 511 g/mol. The van der Waals surface area contributed by atoms with E-state index in [0.717, 1.165) is 31.7 Å². The first-order chi connectivity index (χ1) is 18.1. The predicted octanol–water partition coefficient (Wildman–Crippen LogP) is 3.03. The summed E-state index contributed by atoms with van der Waals surface area (Å²) in [6.07, 6.45) is 4.93. The van der Waals surface area contributed by atoms with E-state index in [9.17, 15) is 13.8 Å². The van der Waals surface area contributed by atoms with E-state index >= 15 is 4.39 Å². The third-order valence-electron chi connectivity index (χ3n) is 6.32. The van der Waals surface area contributed by atoms with Gasteiger partial charge in [-0.2, -0.15) is 0 Å². The zero-order chi connectivity index (χ0) is 27.7. The van der Waals surface area contributed by atoms with Crippen LogP contribution in [0.1, 0.15) is 33.1 Å². The summed E-state index contributed by atoms with van der Waals surface area (Å²) in [5.41, 5.74) is 1.69. The van der Waals surface area contributed by atoms with E-state index in [2.05, 4.69) is 15.2 Å². The van der Waals surface area contributed by atoms with Gasteiger partial charge in [0.15, 0.2) is 0 Å². The van der Waals surface area contributed by atoms with Gasteiger partial charge in [0.05, 0.1) is 29.0 Å². The Kier molecular flexibility index (Phi) is 10.5. The van der Waals surface area contributed by atoms with Gasteiger partial charge in [0, 0.05) is 56.3 Å². The van der Waals surface area contributed by atoms with Gasteiger partial charge in [0.25, 0.3) is 6.47 Å². The van der Waals surface area contributed by atoms with Crippen LogP contribution in [0.3, 0.4) is 0 Å². The number of hydrogen-bond donors (Lipinski definition) is 1. The minimum atomic E-state index is -2.36. The van der Waals surface area contributed by atoms with Crippen molar-refractivity contribution in [1.29, 1.82) is 0 Å². The largest absolute Gasteiger partial charge is 0.461 e. The van der Waals surface area contributed by atoms with Gasteiger partial charge in [-0.3, -0.25) is 13.8 Å². The van der Waals surface area contributed by atoms with Crippen molar-refractivity contribution in [2.45, 2.75) is 45.3 Å². The van der Waals surface area contributed by atoms with Crippen molar-refractivity contribution < 1.29 is 27.1 Å². The van der Waals surface area contributed by atoms with Crippen LogP contribution in [0.5, 0.6) is 0 Å². The summed E-state index contributed by atoms with van der Waals surface area (Å²) in [7, 11) is -0.601. The molecule has 1 fully saturated rings. The van der Waals surface area contributed by atoms with E-state index in [1.807, 2.05) is 19.1 Å². The van der Waals surface area contributed by atoms with Crippen LogP contribution >= 0.6 is 0 Å². The lowest BCUT2D eigenvalue weighted by molar-refractivity contribution is -0.134. The predicted molar refractivity (Wildman–Crippen MR) is 149 cm³/mol. The Bertz CT molecular complexity index is 1210. The Morgan fingerprint density at radius 1 is 1.32 bits per heavy atom. The second-order valence-electron chi connectivity index (χ2n) is 9.43. The summed E-state index contributed by atoms with van der Waals surface area (Å²) < 4.78 is 38.3. The highest BCUT2D eigenvalue weighted by Gasteiger charge is 2.23. The number of carbonyl (C=O) groups excluding carboxylic acids is 2. The van der Waals surface area contributed by atoms with E-state index in [4.69, 9.17) is 8.92 Å². The van der Waals surface area contributed by atoms with Crippen molar-refractivity contribution in [1.82, 2.24) is 10.3 Å². The number of hydrogen-bond acceptors (Lipinski definition) is 8. The number of ether oxygens (including phenoxy) is 1. The molecule has 2 heterocycles. The Hall–Kier alpha value is -3.18. The fourth-order valence-corrected chi connectivity index (χ4v) is 5.82. The highest BCUT2D eigenvalue weighted by atomic mass is 32.2. The van der Waals surface area contributed by atoms with Crippen LogP contribution in [-0.2, 0) is 28.3 Å². The molecule has 11 heteroatoms. The van der Waals surface area contributed by atoms with Gasteiger partial charge in [0.2, 0.25) is 5.91 Å². The average molecular weight is 549 g/mol. The molecule has 1 N–H and O–H groups in total. The molecule has 0 bridgehead atoms. The molecule has 0 spiro atoms. The molecule has 2 aromatic rings. The van der Waals surface area contributed by atoms with E-state index in [1.54, 1.807) is 41.9 Å². The maximum Gasteiger partial charge on any atom is 0.293 e. The first-order valence-corrected chi connectivity index (χ1v) is 14.6. The molecule has 2 atom stereocenters. The molecule has 2 unspecified atom stereocenters. The van der Waals surface area contributed by atoms with Crippen molar-refractivity contribution in [3.05, 3.63) is 42.3 Å². The number of piperidine rings is 1. The number of halogens is 1. The van der Waals surface area contributed by atoms with E-state index in [0.29, 0.717) is 29.7 Å². The standard InChI is InChI=1S/C27H37FN4O5S/c1-5-14-38(4,35)37-23-10-12-32(13-11-23)27-9-6-21(16-30-27)25-8-7-22(15-26(25)28)31(3)18-24(36-19-33)17-29-20(2)34/h6-9,14-16,19,23-24H,5,10-13,17-18H2,1-4H3,(H,29,34). The third-order valence-corrected chi connectivity index (χ3v) is 7.91. The summed E-state index contributed by atoms with van der Waals surface area (Å²) in [5.74, 6) is 0.180. The van der Waals surface area contributed by atoms with E-state index < -0.39 is 21.7 Å². The van der Waals surface area contributed by atoms with E-state index in [1.165, 1.54) is 13.0 Å². The Labute approximate surface area is 224 Å². The summed E-state index contributed by atoms with van der Waals surface area (Å²) in [4.78, 5) is 30.4. The summed E-state index contributed by atoms with van der Waals surface area (Å²) in [6, 6.07) is 8.64. The molecule has 1 aliphatic rings. The lowest BCUT2D eigenvalue weighted by Gasteiger charge is -2.32. The highest BCUT2D eigenvalue weighted by Crippen LogP contribution is 2.28. The maximum absolute atomic E-state index is 15.1. The lowest BCUT2D eigenvalue weighted by Crippen LogP contribution is -2.39. The number of rotatable bonds is 12. The zero-order valence-corrected chi connectivity index (χ0v) is 23.2. The van der Waals surface area contributed by atoms with Crippen LogP contribution in [0.25, 0.3) is 11.1 Å². The average Bonchev–Trinajstić information content (AvgIpc) is 2.87. The smallest absolute Gasteiger partial charge is 0.293 e. The minimum absolute atomic E-state index is 0.0396. The normalized spacial score (nSPS) is 16.3. The van der Waals surface area contributed by atoms with Crippen LogP contribution in [0.2, 0.25) is 0 Å². The maximum atomic E-state index is 15.1. The molecule has 1 aromatic carbocycles. The number of pyridine rings is 1. The molecule has 1 amide bonds. The summed E-state index contributed by atoms with van der Waals surface area (Å²) in [6.45, 7) is 5.60. The van der Waals surface area contributed by atoms with Gasteiger partial charge >= 0.3 is 0 Å². The SMILES string of the molecule is CCC=S(C)(=O)OC1CCN(c2ccc(-c3ccc(N(C)CC(CNC(C)=O)OC=O)cc3F)cn2)CC1. The van der Waals surface area contributed by atoms with Crippen LogP contribution in [0.4, 0.5) is 15.9 Å². The summed E-state index contributed by atoms with van der Waals surface area (Å²) >= 11 is 0. The minimum Gasteiger partial charge on any atom is -0.461 e. The summed E-state index contributed by atoms with van der Waals surface area (Å²) in [5, 5.41) is 4.35. The number of nitrogens with one attached hydrogen (secondary N) is 1. The monoisotopic (exact) mass is 548 g/mol. The van der Waals surface area contributed by atoms with Crippen molar-refractivity contribution in [3.8, 4) is 11.1 Å². The molecule has 1 saturated heterocycles. The fourth-order valence-electron chi connectivity index (χ4n) is 4.40. The number of aromatic nitrogens is 1. The first kappa shape index (κ1) is 29.4. The topological polar surface area (TPSA) is 101 Å². The van der Waals surface area contributed by atoms with Crippen molar-refractivity contribution in [2.24, 2.45) is 0 Å². The molecule has 38 heavy (non-hydrogen) atoms. The Balaban J connectivity index is 1.61. The second-order valence-corrected chi connectivity index (χ2v) is 11.6. The number of benzene rings is 1. The van der Waals surface area contributed by atoms with Crippen molar-refractivity contribution in [3.63, 3.8) is 0 Å². The van der Waals surface area contributed by atoms with Crippen molar-refractivity contribution in [2.75, 3.05) is 49.3 Å². The van der Waals surface area contributed by atoms with Gasteiger partial charge < -0.3 is 19.9 Å². The number of nitrogens with zero attached hydrogens (tertiary/aromatic N) is 3. The zero-order valence-electron chi connectivity index (χ0n) is 22.4. The van der Waals surface area contributed by atoms with Gasteiger partial charge in [-0.05, 0) is 55.0 Å². The van der Waals surface area contributed by atoms with Crippen LogP contribution < -0.4 is 15.1 Å². The van der Waals surface area contributed by atoms with Crippen molar-refractivity contribution >= 4 is 39.1 Å². The number of carbonyl (C=O) groups is 2. The number of anilines is 2. The third kappa shape index (κ3) is 8.42. The van der Waals surface area contributed by atoms with Crippen LogP contribution in [0, 0.1) is 5.82 Å². The molecule has 1 aliphatic heterocycles. The quantitative estimate of drug-likeness (QED) is 0.319. The number of amides is 1. The van der Waals surface area contributed by atoms with E-state index in [-0.39, 0.29) is 25.1 Å². The molecule has 3 rings (SSSR count). The molecular formula is C27H37FN4O5S. The lowest BCUT2D eigenvalue weighted by atomic mass is 10.1. The molecule has 208 valence electrons. The first-order valence-electron chi connectivity index (χ1n) is 12.7. The molecule has 0 aliphatic carbocycles. The molecule has 9 nitrogen and oxygen atoms in total. The van der Waals surface area contributed by atoms with Gasteiger partial charge in [0.1, 0.15) is 17.7 Å². The molecule has 1 aromatic heterocycles. The van der Waals surface area contributed by atoms with Crippen LogP contribution in [0.15, 0.2) is 36.5 Å². The fraction of sp³-hybridized carbons (Fsp3) is 0.481. The second kappa shape index (κ2) is 13.6. The Morgan fingerprint density at radius 3 is 2.63 bits per heavy atom. The van der Waals surface area contributed by atoms with Crippen LogP contribution in [-0.4, -0.2) is 78.6 Å². The highest BCUT2D eigenvalue weighted by molar-refractivity contribution is 7.96. The number of likely N-dealkylation sites (N-methyl/N-ethyl adjacent to an activating group) is 1. The van der Waals surface area contributed by atoms with Gasteiger partial charge in [-0.25, -0.2) is 13.6 Å². The molecule has 0 radical (unpaired) electrons.